The van der Waals surface area contributed by atoms with Gasteiger partial charge in [0.1, 0.15) is 0 Å². The molecule has 0 fully saturated rings. The first-order valence-electron chi connectivity index (χ1n) is 8.19. The topological polar surface area (TPSA) is 90.5 Å². The lowest BCUT2D eigenvalue weighted by Gasteiger charge is -2.13. The van der Waals surface area contributed by atoms with E-state index in [-0.39, 0.29) is 18.0 Å². The zero-order chi connectivity index (χ0) is 19.4. The summed E-state index contributed by atoms with van der Waals surface area (Å²) in [5.41, 5.74) is 2.82. The second-order valence-corrected chi connectivity index (χ2v) is 5.84. The van der Waals surface area contributed by atoms with Gasteiger partial charge in [0, 0.05) is 36.5 Å². The van der Waals surface area contributed by atoms with Crippen LogP contribution in [0.4, 0.5) is 5.69 Å². The molecule has 0 N–H and O–H groups in total. The Balaban J connectivity index is 2.03. The van der Waals surface area contributed by atoms with Crippen molar-refractivity contribution in [3.63, 3.8) is 0 Å². The van der Waals surface area contributed by atoms with Crippen LogP contribution in [0.2, 0.25) is 0 Å². The summed E-state index contributed by atoms with van der Waals surface area (Å²) in [4.78, 5) is 27.7. The van der Waals surface area contributed by atoms with Gasteiger partial charge in [-0.1, -0.05) is 18.2 Å². The maximum absolute atomic E-state index is 12.3. The molecule has 0 aliphatic carbocycles. The average Bonchev–Trinajstić information content (AvgIpc) is 3.11. The average molecular weight is 366 g/mol. The maximum Gasteiger partial charge on any atom is 0.269 e. The standard InChI is InChI=1S/C19H18N4O4/c1-21(27-2)18(24)12-15-13-22(16-6-4-3-5-7-16)20-19(15)14-8-10-17(11-9-14)23(25)26/h3-11,13H,12H2,1-2H3. The zero-order valence-corrected chi connectivity index (χ0v) is 14.9. The van der Waals surface area contributed by atoms with Crippen molar-refractivity contribution >= 4 is 11.6 Å². The molecule has 8 heteroatoms. The third-order valence-corrected chi connectivity index (χ3v) is 4.13. The second-order valence-electron chi connectivity index (χ2n) is 5.84. The van der Waals surface area contributed by atoms with Crippen LogP contribution in [0.15, 0.2) is 60.8 Å². The number of nitro groups is 1. The molecule has 0 spiro atoms. The number of aromatic nitrogens is 2. The van der Waals surface area contributed by atoms with Crippen LogP contribution in [0, 0.1) is 10.1 Å². The van der Waals surface area contributed by atoms with Gasteiger partial charge in [0.15, 0.2) is 0 Å². The van der Waals surface area contributed by atoms with Crippen molar-refractivity contribution in [2.24, 2.45) is 0 Å². The van der Waals surface area contributed by atoms with Crippen LogP contribution < -0.4 is 0 Å². The van der Waals surface area contributed by atoms with Gasteiger partial charge in [-0.25, -0.2) is 9.75 Å². The number of hydroxylamine groups is 2. The highest BCUT2D eigenvalue weighted by atomic mass is 16.7. The molecular weight excluding hydrogens is 348 g/mol. The van der Waals surface area contributed by atoms with Crippen molar-refractivity contribution in [2.45, 2.75) is 6.42 Å². The molecule has 3 aromatic rings. The van der Waals surface area contributed by atoms with E-state index in [0.717, 1.165) is 10.8 Å². The third-order valence-electron chi connectivity index (χ3n) is 4.13. The minimum Gasteiger partial charge on any atom is -0.275 e. The fourth-order valence-electron chi connectivity index (χ4n) is 2.61. The van der Waals surface area contributed by atoms with E-state index in [4.69, 9.17) is 4.84 Å². The van der Waals surface area contributed by atoms with E-state index < -0.39 is 4.92 Å². The number of carbonyl (C=O) groups is 1. The Labute approximate surface area is 155 Å². The van der Waals surface area contributed by atoms with Gasteiger partial charge in [0.05, 0.1) is 29.8 Å². The number of para-hydroxylation sites is 1. The van der Waals surface area contributed by atoms with Gasteiger partial charge in [-0.15, -0.1) is 0 Å². The van der Waals surface area contributed by atoms with Gasteiger partial charge in [-0.05, 0) is 24.3 Å². The largest absolute Gasteiger partial charge is 0.275 e. The van der Waals surface area contributed by atoms with Gasteiger partial charge >= 0.3 is 0 Å². The quantitative estimate of drug-likeness (QED) is 0.494. The van der Waals surface area contributed by atoms with Gasteiger partial charge in [-0.3, -0.25) is 19.7 Å². The first-order valence-corrected chi connectivity index (χ1v) is 8.19. The van der Waals surface area contributed by atoms with Crippen LogP contribution in [0.3, 0.4) is 0 Å². The van der Waals surface area contributed by atoms with Crippen LogP contribution in [0.25, 0.3) is 16.9 Å². The number of amides is 1. The number of hydrogen-bond acceptors (Lipinski definition) is 5. The minimum absolute atomic E-state index is 0.00187. The predicted molar refractivity (Wildman–Crippen MR) is 99.1 cm³/mol. The molecule has 0 unspecified atom stereocenters. The van der Waals surface area contributed by atoms with Crippen LogP contribution >= 0.6 is 0 Å². The number of benzene rings is 2. The summed E-state index contributed by atoms with van der Waals surface area (Å²) in [5, 5.41) is 16.6. The Morgan fingerprint density at radius 2 is 1.85 bits per heavy atom. The molecule has 27 heavy (non-hydrogen) atoms. The SMILES string of the molecule is CON(C)C(=O)Cc1cn(-c2ccccc2)nc1-c1ccc([N+](=O)[O-])cc1. The van der Waals surface area contributed by atoms with Gasteiger partial charge < -0.3 is 0 Å². The van der Waals surface area contributed by atoms with Crippen LogP contribution in [-0.2, 0) is 16.1 Å². The Morgan fingerprint density at radius 1 is 1.19 bits per heavy atom. The van der Waals surface area contributed by atoms with Crippen LogP contribution in [0.5, 0.6) is 0 Å². The number of rotatable bonds is 6. The highest BCUT2D eigenvalue weighted by Crippen LogP contribution is 2.26. The number of non-ortho nitro benzene ring substituents is 1. The number of nitro benzene ring substituents is 1. The number of carbonyl (C=O) groups excluding carboxylic acids is 1. The van der Waals surface area contributed by atoms with Crippen molar-refractivity contribution < 1.29 is 14.6 Å². The zero-order valence-electron chi connectivity index (χ0n) is 14.9. The van der Waals surface area contributed by atoms with Gasteiger partial charge in [0.25, 0.3) is 5.69 Å². The first-order chi connectivity index (χ1) is 13.0. The molecule has 0 saturated carbocycles. The highest BCUT2D eigenvalue weighted by Gasteiger charge is 2.18. The molecule has 2 aromatic carbocycles. The Hall–Kier alpha value is -3.52. The lowest BCUT2D eigenvalue weighted by atomic mass is 10.1. The Bertz CT molecular complexity index is 952. The smallest absolute Gasteiger partial charge is 0.269 e. The molecule has 0 radical (unpaired) electrons. The molecule has 1 aromatic heterocycles. The van der Waals surface area contributed by atoms with Crippen molar-refractivity contribution in [3.05, 3.63) is 76.5 Å². The summed E-state index contributed by atoms with van der Waals surface area (Å²) in [7, 11) is 2.96. The van der Waals surface area contributed by atoms with Crippen molar-refractivity contribution in [2.75, 3.05) is 14.2 Å². The summed E-state index contributed by atoms with van der Waals surface area (Å²) in [6, 6.07) is 15.6. The fourth-order valence-corrected chi connectivity index (χ4v) is 2.61. The minimum atomic E-state index is -0.454. The first kappa shape index (κ1) is 18.3. The molecule has 138 valence electrons. The van der Waals surface area contributed by atoms with E-state index in [1.165, 1.54) is 26.3 Å². The lowest BCUT2D eigenvalue weighted by molar-refractivity contribution is -0.384. The maximum atomic E-state index is 12.3. The van der Waals surface area contributed by atoms with Crippen LogP contribution in [-0.4, -0.2) is 39.8 Å². The van der Waals surface area contributed by atoms with Crippen molar-refractivity contribution in [3.8, 4) is 16.9 Å². The second kappa shape index (κ2) is 7.79. The van der Waals surface area contributed by atoms with E-state index in [1.54, 1.807) is 23.0 Å². The Morgan fingerprint density at radius 3 is 2.44 bits per heavy atom. The van der Waals surface area contributed by atoms with E-state index >= 15 is 0 Å². The molecule has 0 saturated heterocycles. The normalized spacial score (nSPS) is 10.6. The molecule has 0 atom stereocenters. The predicted octanol–water partition coefficient (Wildman–Crippen LogP) is 3.01. The van der Waals surface area contributed by atoms with Crippen molar-refractivity contribution in [1.82, 2.24) is 14.8 Å². The van der Waals surface area contributed by atoms with E-state index in [2.05, 4.69) is 5.10 Å². The monoisotopic (exact) mass is 366 g/mol. The van der Waals surface area contributed by atoms with E-state index in [1.807, 2.05) is 30.3 Å². The Kier molecular flexibility index (Phi) is 5.28. The molecule has 8 nitrogen and oxygen atoms in total. The third kappa shape index (κ3) is 4.01. The van der Waals surface area contributed by atoms with E-state index in [0.29, 0.717) is 16.8 Å². The summed E-state index contributed by atoms with van der Waals surface area (Å²) in [6.45, 7) is 0. The number of likely N-dealkylation sites (N-methyl/N-ethyl adjacent to an activating group) is 1. The number of hydrogen-bond donors (Lipinski definition) is 0. The molecule has 1 heterocycles. The molecule has 3 rings (SSSR count). The van der Waals surface area contributed by atoms with Gasteiger partial charge in [-0.2, -0.15) is 5.10 Å². The van der Waals surface area contributed by atoms with Gasteiger partial charge in [0.2, 0.25) is 5.91 Å². The summed E-state index contributed by atoms with van der Waals surface area (Å²) in [6.07, 6.45) is 1.87. The van der Waals surface area contributed by atoms with Crippen LogP contribution in [0.1, 0.15) is 5.56 Å². The summed E-state index contributed by atoms with van der Waals surface area (Å²) < 4.78 is 1.69. The molecule has 0 aliphatic rings. The highest BCUT2D eigenvalue weighted by molar-refractivity contribution is 5.80. The summed E-state index contributed by atoms with van der Waals surface area (Å²) >= 11 is 0. The fraction of sp³-hybridized carbons (Fsp3) is 0.158. The lowest BCUT2D eigenvalue weighted by Crippen LogP contribution is -2.27. The molecule has 0 aliphatic heterocycles. The summed E-state index contributed by atoms with van der Waals surface area (Å²) in [5.74, 6) is -0.228. The van der Waals surface area contributed by atoms with Crippen molar-refractivity contribution in [1.29, 1.82) is 0 Å². The molecular formula is C19H18N4O4. The van der Waals surface area contributed by atoms with E-state index in [9.17, 15) is 14.9 Å². The number of nitrogens with zero attached hydrogens (tertiary/aromatic N) is 4. The molecule has 1 amide bonds. The molecule has 0 bridgehead atoms.